The van der Waals surface area contributed by atoms with Crippen molar-refractivity contribution in [3.63, 3.8) is 0 Å². The van der Waals surface area contributed by atoms with Crippen molar-refractivity contribution in [3.05, 3.63) is 11.3 Å². The maximum atomic E-state index is 7.52. The second-order valence-electron chi connectivity index (χ2n) is 3.50. The third-order valence-electron chi connectivity index (χ3n) is 2.18. The van der Waals surface area contributed by atoms with Gasteiger partial charge in [0.05, 0.1) is 11.3 Å². The molecule has 0 aliphatic heterocycles. The Labute approximate surface area is 94.7 Å². The average Bonchev–Trinajstić information content (AvgIpc) is 2.42. The number of thioether (sulfide) groups is 1. The number of amidine groups is 1. The van der Waals surface area contributed by atoms with E-state index in [0.717, 1.165) is 22.0 Å². The molecular formula is C10H18N4S. The standard InChI is InChI=1S/C10H18N4S/c1-4-5-6-15-10-8(9(11)12)7(2)13-14(10)3/h4-6H2,1-3H3,(H3,11,12). The van der Waals surface area contributed by atoms with E-state index in [-0.39, 0.29) is 5.84 Å². The molecule has 0 radical (unpaired) electrons. The first-order valence-corrected chi connectivity index (χ1v) is 6.07. The smallest absolute Gasteiger partial charge is 0.127 e. The molecule has 1 aromatic heterocycles. The van der Waals surface area contributed by atoms with Crippen molar-refractivity contribution in [2.24, 2.45) is 12.8 Å². The van der Waals surface area contributed by atoms with E-state index in [2.05, 4.69) is 12.0 Å². The molecule has 0 aliphatic rings. The highest BCUT2D eigenvalue weighted by molar-refractivity contribution is 7.99. The topological polar surface area (TPSA) is 67.7 Å². The molecule has 0 saturated carbocycles. The van der Waals surface area contributed by atoms with Crippen LogP contribution >= 0.6 is 11.8 Å². The number of nitrogen functional groups attached to an aromatic ring is 1. The third-order valence-corrected chi connectivity index (χ3v) is 3.41. The van der Waals surface area contributed by atoms with Crippen LogP contribution in [0.5, 0.6) is 0 Å². The molecule has 0 fully saturated rings. The van der Waals surface area contributed by atoms with E-state index in [1.54, 1.807) is 11.8 Å². The molecule has 15 heavy (non-hydrogen) atoms. The fourth-order valence-corrected chi connectivity index (χ4v) is 2.68. The normalized spacial score (nSPS) is 10.6. The van der Waals surface area contributed by atoms with Crippen molar-refractivity contribution in [2.75, 3.05) is 5.75 Å². The molecule has 1 rings (SSSR count). The summed E-state index contributed by atoms with van der Waals surface area (Å²) in [5.41, 5.74) is 7.18. The van der Waals surface area contributed by atoms with Crippen LogP contribution < -0.4 is 5.73 Å². The van der Waals surface area contributed by atoms with E-state index in [4.69, 9.17) is 11.1 Å². The zero-order chi connectivity index (χ0) is 11.4. The molecular weight excluding hydrogens is 208 g/mol. The molecule has 0 aromatic carbocycles. The van der Waals surface area contributed by atoms with Crippen LogP contribution in [0, 0.1) is 12.3 Å². The van der Waals surface area contributed by atoms with E-state index in [0.29, 0.717) is 0 Å². The van der Waals surface area contributed by atoms with Crippen LogP contribution in [0.4, 0.5) is 0 Å². The highest BCUT2D eigenvalue weighted by atomic mass is 32.2. The fraction of sp³-hybridized carbons (Fsp3) is 0.600. The first-order valence-electron chi connectivity index (χ1n) is 5.08. The van der Waals surface area contributed by atoms with Crippen LogP contribution in [0.25, 0.3) is 0 Å². The molecule has 5 heteroatoms. The molecule has 0 unspecified atom stereocenters. The highest BCUT2D eigenvalue weighted by Gasteiger charge is 2.15. The average molecular weight is 226 g/mol. The Hall–Kier alpha value is -0.970. The van der Waals surface area contributed by atoms with E-state index in [1.165, 1.54) is 12.8 Å². The maximum Gasteiger partial charge on any atom is 0.127 e. The van der Waals surface area contributed by atoms with E-state index < -0.39 is 0 Å². The van der Waals surface area contributed by atoms with Crippen molar-refractivity contribution < 1.29 is 0 Å². The van der Waals surface area contributed by atoms with Crippen LogP contribution in [-0.4, -0.2) is 21.4 Å². The Kier molecular flexibility index (Phi) is 4.20. The van der Waals surface area contributed by atoms with Gasteiger partial charge in [0.1, 0.15) is 10.9 Å². The predicted molar refractivity (Wildman–Crippen MR) is 64.6 cm³/mol. The first kappa shape index (κ1) is 12.1. The summed E-state index contributed by atoms with van der Waals surface area (Å²) in [6, 6.07) is 0. The van der Waals surface area contributed by atoms with Gasteiger partial charge in [0.15, 0.2) is 0 Å². The van der Waals surface area contributed by atoms with Gasteiger partial charge in [0.25, 0.3) is 0 Å². The highest BCUT2D eigenvalue weighted by Crippen LogP contribution is 2.25. The summed E-state index contributed by atoms with van der Waals surface area (Å²) < 4.78 is 1.81. The van der Waals surface area contributed by atoms with Crippen molar-refractivity contribution in [1.29, 1.82) is 5.41 Å². The Morgan fingerprint density at radius 2 is 2.27 bits per heavy atom. The Morgan fingerprint density at radius 1 is 1.60 bits per heavy atom. The molecule has 1 heterocycles. The number of nitrogens with two attached hydrogens (primary N) is 1. The summed E-state index contributed by atoms with van der Waals surface area (Å²) in [7, 11) is 1.90. The summed E-state index contributed by atoms with van der Waals surface area (Å²) in [5, 5.41) is 12.8. The van der Waals surface area contributed by atoms with Crippen LogP contribution in [0.3, 0.4) is 0 Å². The summed E-state index contributed by atoms with van der Waals surface area (Å²) in [4.78, 5) is 0. The molecule has 0 bridgehead atoms. The van der Waals surface area contributed by atoms with Crippen molar-refractivity contribution >= 4 is 17.6 Å². The molecule has 0 aliphatic carbocycles. The van der Waals surface area contributed by atoms with Crippen molar-refractivity contribution in [2.45, 2.75) is 31.7 Å². The lowest BCUT2D eigenvalue weighted by atomic mass is 10.2. The number of hydrogen-bond donors (Lipinski definition) is 2. The summed E-state index contributed by atoms with van der Waals surface area (Å²) in [6.07, 6.45) is 2.35. The van der Waals surface area contributed by atoms with Gasteiger partial charge in [-0.2, -0.15) is 5.10 Å². The van der Waals surface area contributed by atoms with Gasteiger partial charge in [-0.1, -0.05) is 13.3 Å². The first-order chi connectivity index (χ1) is 7.07. The number of aromatic nitrogens is 2. The predicted octanol–water partition coefficient (Wildman–Crippen LogP) is 1.90. The molecule has 0 amide bonds. The van der Waals surface area contributed by atoms with Crippen molar-refractivity contribution in [3.8, 4) is 0 Å². The molecule has 84 valence electrons. The number of nitrogens with zero attached hydrogens (tertiary/aromatic N) is 2. The van der Waals surface area contributed by atoms with E-state index in [1.807, 2.05) is 18.7 Å². The molecule has 0 spiro atoms. The van der Waals surface area contributed by atoms with Crippen molar-refractivity contribution in [1.82, 2.24) is 9.78 Å². The van der Waals surface area contributed by atoms with Gasteiger partial charge in [-0.25, -0.2) is 0 Å². The van der Waals surface area contributed by atoms with E-state index in [9.17, 15) is 0 Å². The van der Waals surface area contributed by atoms with Gasteiger partial charge in [-0.3, -0.25) is 10.1 Å². The van der Waals surface area contributed by atoms with Gasteiger partial charge in [0.2, 0.25) is 0 Å². The largest absolute Gasteiger partial charge is 0.384 e. The SMILES string of the molecule is CCCCSc1c(C(=N)N)c(C)nn1C. The van der Waals surface area contributed by atoms with Crippen LogP contribution in [0.1, 0.15) is 31.0 Å². The molecule has 1 aromatic rings. The molecule has 0 saturated heterocycles. The Balaban J connectivity index is 2.89. The Bertz CT molecular complexity index is 357. The third kappa shape index (κ3) is 2.75. The fourth-order valence-electron chi connectivity index (χ4n) is 1.43. The lowest BCUT2D eigenvalue weighted by Crippen LogP contribution is -2.13. The maximum absolute atomic E-state index is 7.52. The molecule has 0 atom stereocenters. The number of hydrogen-bond acceptors (Lipinski definition) is 3. The quantitative estimate of drug-likeness (QED) is 0.349. The number of aryl methyl sites for hydroxylation is 2. The summed E-state index contributed by atoms with van der Waals surface area (Å²) in [6.45, 7) is 4.06. The summed E-state index contributed by atoms with van der Waals surface area (Å²) >= 11 is 1.73. The number of unbranched alkanes of at least 4 members (excludes halogenated alkanes) is 1. The summed E-state index contributed by atoms with van der Waals surface area (Å²) in [5.74, 6) is 1.16. The minimum Gasteiger partial charge on any atom is -0.384 e. The second-order valence-corrected chi connectivity index (χ2v) is 4.59. The monoisotopic (exact) mass is 226 g/mol. The lowest BCUT2D eigenvalue weighted by Gasteiger charge is -2.04. The minimum atomic E-state index is 0.111. The number of rotatable bonds is 5. The van der Waals surface area contributed by atoms with Gasteiger partial charge in [-0.05, 0) is 19.1 Å². The van der Waals surface area contributed by atoms with Crippen LogP contribution in [-0.2, 0) is 7.05 Å². The minimum absolute atomic E-state index is 0.111. The molecule has 3 N–H and O–H groups in total. The second kappa shape index (κ2) is 5.21. The molecule has 4 nitrogen and oxygen atoms in total. The van der Waals surface area contributed by atoms with Crippen LogP contribution in [0.15, 0.2) is 5.03 Å². The van der Waals surface area contributed by atoms with Gasteiger partial charge >= 0.3 is 0 Å². The van der Waals surface area contributed by atoms with Gasteiger partial charge in [0, 0.05) is 7.05 Å². The number of nitrogens with one attached hydrogen (secondary N) is 1. The Morgan fingerprint density at radius 3 is 2.80 bits per heavy atom. The van der Waals surface area contributed by atoms with Gasteiger partial charge < -0.3 is 5.73 Å². The lowest BCUT2D eigenvalue weighted by molar-refractivity contribution is 0.691. The zero-order valence-corrected chi connectivity index (χ0v) is 10.3. The van der Waals surface area contributed by atoms with Crippen LogP contribution in [0.2, 0.25) is 0 Å². The van der Waals surface area contributed by atoms with E-state index >= 15 is 0 Å². The van der Waals surface area contributed by atoms with Gasteiger partial charge in [-0.15, -0.1) is 11.8 Å². The zero-order valence-electron chi connectivity index (χ0n) is 9.50.